The van der Waals surface area contributed by atoms with Crippen molar-refractivity contribution in [3.63, 3.8) is 0 Å². The van der Waals surface area contributed by atoms with Gasteiger partial charge in [-0.15, -0.1) is 0 Å². The molecule has 2 N–H and O–H groups in total. The van der Waals surface area contributed by atoms with Crippen LogP contribution in [0, 0.1) is 5.82 Å². The molecular formula is C14H18ClFN2O2. The summed E-state index contributed by atoms with van der Waals surface area (Å²) in [5, 5.41) is 12.4. The molecule has 0 aromatic heterocycles. The van der Waals surface area contributed by atoms with E-state index < -0.39 is 6.10 Å². The third kappa shape index (κ3) is 3.61. The predicted molar refractivity (Wildman–Crippen MR) is 75.4 cm³/mol. The molecule has 1 aromatic rings. The maximum atomic E-state index is 13.2. The maximum Gasteiger partial charge on any atom is 0.317 e. The van der Waals surface area contributed by atoms with Gasteiger partial charge in [-0.3, -0.25) is 0 Å². The number of nitrogens with zero attached hydrogens (tertiary/aromatic N) is 1. The highest BCUT2D eigenvalue weighted by atomic mass is 35.5. The first-order chi connectivity index (χ1) is 9.49. The molecule has 2 amide bonds. The molecule has 1 atom stereocenters. The second-order valence-corrected chi connectivity index (χ2v) is 5.49. The standard InChI is InChI=1S/C14H18ClFN2O2/c1-2-13(19)6-17-14(20)18-7-10(8-18)9-3-11(15)5-12(16)4-9/h3-5,10,13,19H,2,6-8H2,1H3,(H,17,20). The molecule has 1 saturated heterocycles. The largest absolute Gasteiger partial charge is 0.391 e. The Morgan fingerprint density at radius 2 is 2.25 bits per heavy atom. The van der Waals surface area contributed by atoms with Gasteiger partial charge in [-0.2, -0.15) is 0 Å². The number of rotatable bonds is 4. The molecular weight excluding hydrogens is 283 g/mol. The Morgan fingerprint density at radius 3 is 2.85 bits per heavy atom. The van der Waals surface area contributed by atoms with Crippen molar-refractivity contribution < 1.29 is 14.3 Å². The minimum Gasteiger partial charge on any atom is -0.391 e. The highest BCUT2D eigenvalue weighted by Gasteiger charge is 2.32. The molecule has 6 heteroatoms. The second kappa shape index (κ2) is 6.41. The fourth-order valence-electron chi connectivity index (χ4n) is 2.13. The van der Waals surface area contributed by atoms with Crippen LogP contribution >= 0.6 is 11.6 Å². The van der Waals surface area contributed by atoms with Gasteiger partial charge in [0.15, 0.2) is 0 Å². The van der Waals surface area contributed by atoms with E-state index in [0.717, 1.165) is 5.56 Å². The van der Waals surface area contributed by atoms with Crippen molar-refractivity contribution in [3.8, 4) is 0 Å². The van der Waals surface area contributed by atoms with Crippen molar-refractivity contribution in [2.24, 2.45) is 0 Å². The molecule has 1 heterocycles. The number of benzene rings is 1. The number of aliphatic hydroxyl groups excluding tert-OH is 1. The number of hydrogen-bond acceptors (Lipinski definition) is 2. The van der Waals surface area contributed by atoms with Crippen molar-refractivity contribution in [1.29, 1.82) is 0 Å². The molecule has 0 radical (unpaired) electrons. The van der Waals surface area contributed by atoms with Gasteiger partial charge in [-0.1, -0.05) is 18.5 Å². The monoisotopic (exact) mass is 300 g/mol. The van der Waals surface area contributed by atoms with Gasteiger partial charge in [0.1, 0.15) is 5.82 Å². The van der Waals surface area contributed by atoms with Crippen molar-refractivity contribution >= 4 is 17.6 Å². The van der Waals surface area contributed by atoms with E-state index in [0.29, 0.717) is 24.5 Å². The van der Waals surface area contributed by atoms with Gasteiger partial charge in [0.2, 0.25) is 0 Å². The van der Waals surface area contributed by atoms with E-state index in [1.165, 1.54) is 12.1 Å². The Hall–Kier alpha value is -1.33. The van der Waals surface area contributed by atoms with Gasteiger partial charge < -0.3 is 15.3 Å². The third-order valence-electron chi connectivity index (χ3n) is 3.49. The van der Waals surface area contributed by atoms with Crippen molar-refractivity contribution in [2.45, 2.75) is 25.4 Å². The molecule has 0 saturated carbocycles. The number of nitrogens with one attached hydrogen (secondary N) is 1. The average Bonchev–Trinajstić information content (AvgIpc) is 2.32. The van der Waals surface area contributed by atoms with Crippen molar-refractivity contribution in [3.05, 3.63) is 34.6 Å². The van der Waals surface area contributed by atoms with Gasteiger partial charge in [-0.05, 0) is 30.2 Å². The smallest absolute Gasteiger partial charge is 0.317 e. The van der Waals surface area contributed by atoms with Crippen LogP contribution in [0.3, 0.4) is 0 Å². The Balaban J connectivity index is 1.83. The summed E-state index contributed by atoms with van der Waals surface area (Å²) in [6.45, 7) is 3.17. The van der Waals surface area contributed by atoms with Crippen LogP contribution in [0.4, 0.5) is 9.18 Å². The lowest BCUT2D eigenvalue weighted by Gasteiger charge is -2.39. The summed E-state index contributed by atoms with van der Waals surface area (Å²) in [4.78, 5) is 13.4. The van der Waals surface area contributed by atoms with E-state index in [-0.39, 0.29) is 24.3 Å². The second-order valence-electron chi connectivity index (χ2n) is 5.05. The zero-order valence-electron chi connectivity index (χ0n) is 11.3. The summed E-state index contributed by atoms with van der Waals surface area (Å²) < 4.78 is 13.2. The number of hydrogen-bond donors (Lipinski definition) is 2. The molecule has 1 aliphatic rings. The van der Waals surface area contributed by atoms with E-state index in [9.17, 15) is 14.3 Å². The lowest BCUT2D eigenvalue weighted by Crippen LogP contribution is -2.53. The average molecular weight is 301 g/mol. The molecule has 0 aliphatic carbocycles. The van der Waals surface area contributed by atoms with E-state index in [2.05, 4.69) is 5.32 Å². The van der Waals surface area contributed by atoms with Gasteiger partial charge in [0, 0.05) is 30.6 Å². The molecule has 1 aromatic carbocycles. The Morgan fingerprint density at radius 1 is 1.55 bits per heavy atom. The van der Waals surface area contributed by atoms with Gasteiger partial charge in [-0.25, -0.2) is 9.18 Å². The molecule has 110 valence electrons. The van der Waals surface area contributed by atoms with Crippen LogP contribution in [0.1, 0.15) is 24.8 Å². The van der Waals surface area contributed by atoms with E-state index >= 15 is 0 Å². The lowest BCUT2D eigenvalue weighted by atomic mass is 9.92. The number of amides is 2. The first-order valence-electron chi connectivity index (χ1n) is 6.66. The first-order valence-corrected chi connectivity index (χ1v) is 7.04. The van der Waals surface area contributed by atoms with Crippen LogP contribution in [0.5, 0.6) is 0 Å². The van der Waals surface area contributed by atoms with Crippen LogP contribution in [0.2, 0.25) is 5.02 Å². The number of likely N-dealkylation sites (tertiary alicyclic amines) is 1. The predicted octanol–water partition coefficient (Wildman–Crippen LogP) is 2.36. The number of halogens is 2. The van der Waals surface area contributed by atoms with Gasteiger partial charge in [0.25, 0.3) is 0 Å². The number of carbonyl (C=O) groups excluding carboxylic acids is 1. The summed E-state index contributed by atoms with van der Waals surface area (Å²) in [6.07, 6.45) is 0.0862. The topological polar surface area (TPSA) is 52.6 Å². The quantitative estimate of drug-likeness (QED) is 0.897. The Labute approximate surface area is 122 Å². The Bertz CT molecular complexity index is 472. The summed E-state index contributed by atoms with van der Waals surface area (Å²) >= 11 is 5.81. The minimum atomic E-state index is -0.516. The zero-order chi connectivity index (χ0) is 14.7. The summed E-state index contributed by atoms with van der Waals surface area (Å²) in [5.41, 5.74) is 0.813. The SMILES string of the molecule is CCC(O)CNC(=O)N1CC(c2cc(F)cc(Cl)c2)C1. The molecule has 20 heavy (non-hydrogen) atoms. The van der Waals surface area contributed by atoms with E-state index in [4.69, 9.17) is 11.6 Å². The normalized spacial score (nSPS) is 16.7. The van der Waals surface area contributed by atoms with E-state index in [1.54, 1.807) is 11.0 Å². The zero-order valence-corrected chi connectivity index (χ0v) is 12.0. The van der Waals surface area contributed by atoms with Crippen molar-refractivity contribution in [2.75, 3.05) is 19.6 Å². The minimum absolute atomic E-state index is 0.116. The summed E-state index contributed by atoms with van der Waals surface area (Å²) in [6, 6.07) is 4.24. The van der Waals surface area contributed by atoms with Gasteiger partial charge in [0.05, 0.1) is 6.10 Å². The summed E-state index contributed by atoms with van der Waals surface area (Å²) in [7, 11) is 0. The van der Waals surface area contributed by atoms with Crippen LogP contribution in [0.25, 0.3) is 0 Å². The highest BCUT2D eigenvalue weighted by Crippen LogP contribution is 2.29. The Kier molecular flexibility index (Phi) is 4.83. The third-order valence-corrected chi connectivity index (χ3v) is 3.70. The fourth-order valence-corrected chi connectivity index (χ4v) is 2.36. The molecule has 1 unspecified atom stereocenters. The lowest BCUT2D eigenvalue weighted by molar-refractivity contribution is 0.135. The molecule has 0 spiro atoms. The fraction of sp³-hybridized carbons (Fsp3) is 0.500. The van der Waals surface area contributed by atoms with Crippen LogP contribution in [0.15, 0.2) is 18.2 Å². The molecule has 0 bridgehead atoms. The van der Waals surface area contributed by atoms with Crippen LogP contribution in [-0.2, 0) is 0 Å². The highest BCUT2D eigenvalue weighted by molar-refractivity contribution is 6.30. The number of aliphatic hydroxyl groups is 1. The van der Waals surface area contributed by atoms with E-state index in [1.807, 2.05) is 6.92 Å². The molecule has 2 rings (SSSR count). The molecule has 1 fully saturated rings. The first kappa shape index (κ1) is 15.1. The van der Waals surface area contributed by atoms with Crippen LogP contribution < -0.4 is 5.32 Å². The summed E-state index contributed by atoms with van der Waals surface area (Å²) in [5.74, 6) is -0.244. The molecule has 1 aliphatic heterocycles. The van der Waals surface area contributed by atoms with Crippen molar-refractivity contribution in [1.82, 2.24) is 10.2 Å². The molecule has 4 nitrogen and oxygen atoms in total. The number of urea groups is 1. The number of carbonyl (C=O) groups is 1. The van der Waals surface area contributed by atoms with Crippen LogP contribution in [-0.4, -0.2) is 41.8 Å². The maximum absolute atomic E-state index is 13.2. The van der Waals surface area contributed by atoms with Gasteiger partial charge >= 0.3 is 6.03 Å².